The fraction of sp³-hybridized carbons (Fsp3) is 0.143. The number of hydrogen-bond donors (Lipinski definition) is 0. The van der Waals surface area contributed by atoms with Crippen molar-refractivity contribution in [2.45, 2.75) is 6.54 Å². The number of nitrogens with zero attached hydrogens (tertiary/aromatic N) is 2. The van der Waals surface area contributed by atoms with Gasteiger partial charge in [-0.25, -0.2) is 4.98 Å². The van der Waals surface area contributed by atoms with Crippen molar-refractivity contribution in [2.75, 3.05) is 6.79 Å². The van der Waals surface area contributed by atoms with Crippen molar-refractivity contribution < 1.29 is 9.47 Å². The lowest BCUT2D eigenvalue weighted by Gasteiger charge is -2.08. The van der Waals surface area contributed by atoms with E-state index in [4.69, 9.17) is 9.47 Å². The molecule has 5 nitrogen and oxygen atoms in total. The molecule has 4 rings (SSSR count). The number of halogens is 1. The first-order valence-electron chi connectivity index (χ1n) is 6.23. The molecule has 0 unspecified atom stereocenters. The molecule has 0 N–H and O–H groups in total. The Hall–Kier alpha value is -1.86. The summed E-state index contributed by atoms with van der Waals surface area (Å²) in [5, 5.41) is 2.53. The first kappa shape index (κ1) is 12.8. The average molecular weight is 365 g/mol. The molecule has 0 amide bonds. The Morgan fingerprint density at radius 3 is 3.00 bits per heavy atom. The summed E-state index contributed by atoms with van der Waals surface area (Å²) in [5.74, 6) is 1.41. The molecule has 21 heavy (non-hydrogen) atoms. The highest BCUT2D eigenvalue weighted by Crippen LogP contribution is 2.37. The van der Waals surface area contributed by atoms with E-state index in [0.29, 0.717) is 23.4 Å². The second-order valence-electron chi connectivity index (χ2n) is 4.61. The zero-order chi connectivity index (χ0) is 14.4. The predicted molar refractivity (Wildman–Crippen MR) is 83.2 cm³/mol. The van der Waals surface area contributed by atoms with E-state index in [9.17, 15) is 4.79 Å². The van der Waals surface area contributed by atoms with Crippen molar-refractivity contribution in [2.24, 2.45) is 0 Å². The summed E-state index contributed by atoms with van der Waals surface area (Å²) in [6, 6.07) is 5.55. The van der Waals surface area contributed by atoms with E-state index in [1.54, 1.807) is 17.0 Å². The summed E-state index contributed by atoms with van der Waals surface area (Å²) >= 11 is 4.97. The molecular formula is C14H9BrN2O3S. The van der Waals surface area contributed by atoms with Gasteiger partial charge < -0.3 is 9.47 Å². The van der Waals surface area contributed by atoms with Crippen molar-refractivity contribution in [1.82, 2.24) is 9.55 Å². The molecule has 0 radical (unpaired) electrons. The molecule has 0 spiro atoms. The van der Waals surface area contributed by atoms with E-state index in [-0.39, 0.29) is 12.4 Å². The Labute approximate surface area is 131 Å². The van der Waals surface area contributed by atoms with Crippen LogP contribution in [-0.2, 0) is 6.54 Å². The zero-order valence-electron chi connectivity index (χ0n) is 10.7. The predicted octanol–water partition coefficient (Wildman–Crippen LogP) is 3.00. The monoisotopic (exact) mass is 364 g/mol. The molecule has 0 atom stereocenters. The summed E-state index contributed by atoms with van der Waals surface area (Å²) in [7, 11) is 0. The summed E-state index contributed by atoms with van der Waals surface area (Å²) in [5.41, 5.74) is 0.906. The molecule has 0 aliphatic carbocycles. The molecule has 1 aliphatic heterocycles. The lowest BCUT2D eigenvalue weighted by Crippen LogP contribution is -2.20. The topological polar surface area (TPSA) is 53.4 Å². The van der Waals surface area contributed by atoms with Gasteiger partial charge in [-0.2, -0.15) is 0 Å². The van der Waals surface area contributed by atoms with E-state index in [1.807, 2.05) is 17.5 Å². The Morgan fingerprint density at radius 1 is 1.33 bits per heavy atom. The minimum atomic E-state index is -0.0363. The van der Waals surface area contributed by atoms with Crippen LogP contribution in [0.4, 0.5) is 0 Å². The summed E-state index contributed by atoms with van der Waals surface area (Å²) in [4.78, 5) is 17.5. The second kappa shape index (κ2) is 4.85. The van der Waals surface area contributed by atoms with Crippen molar-refractivity contribution in [3.05, 3.63) is 50.3 Å². The van der Waals surface area contributed by atoms with E-state index in [1.165, 1.54) is 11.3 Å². The molecule has 106 valence electrons. The van der Waals surface area contributed by atoms with Crippen molar-refractivity contribution in [3.8, 4) is 11.5 Å². The van der Waals surface area contributed by atoms with Gasteiger partial charge in [-0.1, -0.05) is 15.9 Å². The summed E-state index contributed by atoms with van der Waals surface area (Å²) in [6.07, 6.45) is 1.58. The number of thiophene rings is 1. The van der Waals surface area contributed by atoms with Crippen LogP contribution in [-0.4, -0.2) is 16.3 Å². The van der Waals surface area contributed by atoms with Crippen molar-refractivity contribution >= 4 is 37.5 Å². The van der Waals surface area contributed by atoms with Crippen molar-refractivity contribution in [1.29, 1.82) is 0 Å². The van der Waals surface area contributed by atoms with Crippen LogP contribution in [0.2, 0.25) is 0 Å². The number of rotatable bonds is 2. The van der Waals surface area contributed by atoms with Gasteiger partial charge in [0.1, 0.15) is 4.83 Å². The second-order valence-corrected chi connectivity index (χ2v) is 6.36. The third-order valence-corrected chi connectivity index (χ3v) is 4.89. The van der Waals surface area contributed by atoms with Gasteiger partial charge in [-0.15, -0.1) is 11.3 Å². The summed E-state index contributed by atoms with van der Waals surface area (Å²) in [6.45, 7) is 0.655. The molecule has 3 aromatic rings. The number of fused-ring (bicyclic) bond motifs is 2. The van der Waals surface area contributed by atoms with Crippen LogP contribution in [0, 0.1) is 0 Å². The van der Waals surface area contributed by atoms with Crippen LogP contribution >= 0.6 is 27.3 Å². The molecule has 3 heterocycles. The molecule has 2 aromatic heterocycles. The fourth-order valence-corrected chi connectivity index (χ4v) is 3.44. The highest BCUT2D eigenvalue weighted by molar-refractivity contribution is 9.10. The van der Waals surface area contributed by atoms with E-state index in [0.717, 1.165) is 14.9 Å². The molecule has 0 saturated carbocycles. The molecular weight excluding hydrogens is 356 g/mol. The van der Waals surface area contributed by atoms with Gasteiger partial charge in [0.2, 0.25) is 6.79 Å². The number of hydrogen-bond acceptors (Lipinski definition) is 5. The molecule has 0 bridgehead atoms. The minimum absolute atomic E-state index is 0.0363. The van der Waals surface area contributed by atoms with E-state index in [2.05, 4.69) is 20.9 Å². The van der Waals surface area contributed by atoms with Crippen LogP contribution in [0.5, 0.6) is 11.5 Å². The van der Waals surface area contributed by atoms with Crippen LogP contribution < -0.4 is 15.0 Å². The molecule has 1 aliphatic rings. The molecule has 7 heteroatoms. The first-order chi connectivity index (χ1) is 10.2. The summed E-state index contributed by atoms with van der Waals surface area (Å²) < 4.78 is 13.2. The fourth-order valence-electron chi connectivity index (χ4n) is 2.27. The lowest BCUT2D eigenvalue weighted by atomic mass is 10.2. The Morgan fingerprint density at radius 2 is 2.14 bits per heavy atom. The first-order valence-corrected chi connectivity index (χ1v) is 7.90. The largest absolute Gasteiger partial charge is 0.454 e. The normalized spacial score (nSPS) is 13.0. The van der Waals surface area contributed by atoms with Crippen molar-refractivity contribution in [3.63, 3.8) is 0 Å². The van der Waals surface area contributed by atoms with Crippen LogP contribution in [0.15, 0.2) is 39.2 Å². The van der Waals surface area contributed by atoms with Gasteiger partial charge in [0.15, 0.2) is 11.5 Å². The highest BCUT2D eigenvalue weighted by Gasteiger charge is 2.17. The standard InChI is InChI=1S/C14H9BrN2O3S/c15-10-4-12-11(19-7-20-12)3-8(10)5-17-6-16-13-9(14(17)18)1-2-21-13/h1-4,6H,5,7H2. The third kappa shape index (κ3) is 2.13. The molecule has 1 aromatic carbocycles. The van der Waals surface area contributed by atoms with Gasteiger partial charge >= 0.3 is 0 Å². The molecule has 0 fully saturated rings. The van der Waals surface area contributed by atoms with Gasteiger partial charge in [0, 0.05) is 4.47 Å². The van der Waals surface area contributed by atoms with Crippen LogP contribution in [0.1, 0.15) is 5.56 Å². The number of aromatic nitrogens is 2. The van der Waals surface area contributed by atoms with Gasteiger partial charge in [-0.05, 0) is 29.1 Å². The SMILES string of the molecule is O=c1c2ccsc2ncn1Cc1cc2c(cc1Br)OCO2. The maximum Gasteiger partial charge on any atom is 0.262 e. The van der Waals surface area contributed by atoms with Gasteiger partial charge in [0.25, 0.3) is 5.56 Å². The Balaban J connectivity index is 1.78. The smallest absolute Gasteiger partial charge is 0.262 e. The number of ether oxygens (including phenoxy) is 2. The van der Waals surface area contributed by atoms with Crippen LogP contribution in [0.25, 0.3) is 10.2 Å². The lowest BCUT2D eigenvalue weighted by molar-refractivity contribution is 0.174. The minimum Gasteiger partial charge on any atom is -0.454 e. The Bertz CT molecular complexity index is 903. The zero-order valence-corrected chi connectivity index (χ0v) is 13.1. The van der Waals surface area contributed by atoms with Crippen LogP contribution in [0.3, 0.4) is 0 Å². The third-order valence-electron chi connectivity index (χ3n) is 3.33. The Kier molecular flexibility index (Phi) is 2.97. The maximum atomic E-state index is 12.4. The number of benzene rings is 1. The van der Waals surface area contributed by atoms with Gasteiger partial charge in [-0.3, -0.25) is 9.36 Å². The average Bonchev–Trinajstić information content (AvgIpc) is 3.10. The van der Waals surface area contributed by atoms with E-state index >= 15 is 0 Å². The maximum absolute atomic E-state index is 12.4. The van der Waals surface area contributed by atoms with Gasteiger partial charge in [0.05, 0.1) is 18.3 Å². The van der Waals surface area contributed by atoms with E-state index < -0.39 is 0 Å². The quantitative estimate of drug-likeness (QED) is 0.701. The molecule has 0 saturated heterocycles. The highest BCUT2D eigenvalue weighted by atomic mass is 79.9.